The third kappa shape index (κ3) is 7.18. The van der Waals surface area contributed by atoms with Crippen molar-refractivity contribution in [3.05, 3.63) is 132 Å². The molecular weight excluding hydrogens is 587 g/mol. The number of nitrogens with zero attached hydrogens (tertiary/aromatic N) is 4. The Morgan fingerprint density at radius 2 is 1.02 bits per heavy atom. The molecule has 9 heteroatoms. The van der Waals surface area contributed by atoms with Gasteiger partial charge in [-0.3, -0.25) is 8.97 Å². The lowest BCUT2D eigenvalue weighted by molar-refractivity contribution is 0.233. The normalized spacial score (nSPS) is 17.1. The number of hydrogen-bond acceptors (Lipinski definition) is 6. The second kappa shape index (κ2) is 14.0. The number of aromatic nitrogens is 2. The highest BCUT2D eigenvalue weighted by atomic mass is 19.1. The summed E-state index contributed by atoms with van der Waals surface area (Å²) in [6.07, 6.45) is 1.21. The van der Waals surface area contributed by atoms with Crippen LogP contribution in [-0.2, 0) is 13.1 Å². The monoisotopic (exact) mass is 630 g/mol. The minimum absolute atomic E-state index is 0.135. The van der Waals surface area contributed by atoms with Crippen LogP contribution in [0.15, 0.2) is 115 Å². The zero-order valence-corrected chi connectivity index (χ0v) is 26.7. The molecule has 0 radical (unpaired) electrons. The first-order valence-corrected chi connectivity index (χ1v) is 16.6. The molecule has 0 atom stereocenters. The molecule has 1 aromatic heterocycles. The van der Waals surface area contributed by atoms with E-state index >= 15 is 0 Å². The van der Waals surface area contributed by atoms with E-state index in [2.05, 4.69) is 128 Å². The van der Waals surface area contributed by atoms with Crippen molar-refractivity contribution < 1.29 is 4.39 Å². The van der Waals surface area contributed by atoms with E-state index in [4.69, 9.17) is 0 Å². The summed E-state index contributed by atoms with van der Waals surface area (Å²) < 4.78 is 16.7. The fourth-order valence-electron chi connectivity index (χ4n) is 7.03. The molecule has 0 bridgehead atoms. The molecule has 0 saturated carbocycles. The molecule has 7 rings (SSSR count). The Morgan fingerprint density at radius 3 is 1.49 bits per heavy atom. The predicted molar refractivity (Wildman–Crippen MR) is 191 cm³/mol. The Bertz CT molecular complexity index is 1740. The lowest BCUT2D eigenvalue weighted by Crippen LogP contribution is -2.59. The van der Waals surface area contributed by atoms with Crippen molar-refractivity contribution >= 4 is 34.5 Å². The first-order valence-electron chi connectivity index (χ1n) is 16.6. The van der Waals surface area contributed by atoms with Gasteiger partial charge in [-0.1, -0.05) is 60.7 Å². The summed E-state index contributed by atoms with van der Waals surface area (Å²) >= 11 is 0. The van der Waals surface area contributed by atoms with Crippen LogP contribution in [-0.4, -0.2) is 62.3 Å². The number of quaternary nitrogens is 2. The maximum atomic E-state index is 14.9. The third-order valence-electron chi connectivity index (χ3n) is 9.62. The van der Waals surface area contributed by atoms with Crippen LogP contribution in [0.1, 0.15) is 11.1 Å². The number of piperazine rings is 2. The molecule has 47 heavy (non-hydrogen) atoms. The van der Waals surface area contributed by atoms with Gasteiger partial charge in [-0.2, -0.15) is 4.98 Å². The SMILES string of the molecule is Fc1cnc(Nc2ccc([N+]3(Cc4ccccc4)CCNCC3)cc2)nc1Nc1ccc([N+]2(Cc3ccccc3)CCNCC2)cc1. The van der Waals surface area contributed by atoms with Crippen molar-refractivity contribution in [2.75, 3.05) is 63.0 Å². The Kier molecular flexibility index (Phi) is 9.21. The van der Waals surface area contributed by atoms with Crippen molar-refractivity contribution in [2.45, 2.75) is 13.1 Å². The van der Waals surface area contributed by atoms with Gasteiger partial charge in [-0.15, -0.1) is 0 Å². The molecule has 240 valence electrons. The molecule has 0 amide bonds. The highest BCUT2D eigenvalue weighted by Gasteiger charge is 2.34. The molecule has 4 N–H and O–H groups in total. The lowest BCUT2D eigenvalue weighted by atomic mass is 10.1. The number of anilines is 4. The number of hydrogen-bond donors (Lipinski definition) is 4. The van der Waals surface area contributed by atoms with Crippen molar-refractivity contribution in [3.63, 3.8) is 0 Å². The summed E-state index contributed by atoms with van der Waals surface area (Å²) in [6, 6.07) is 38.2. The second-order valence-corrected chi connectivity index (χ2v) is 12.7. The van der Waals surface area contributed by atoms with E-state index in [9.17, 15) is 4.39 Å². The second-order valence-electron chi connectivity index (χ2n) is 12.7. The molecular formula is C38H43FN8+2. The summed E-state index contributed by atoms with van der Waals surface area (Å²) in [5, 5.41) is 13.5. The summed E-state index contributed by atoms with van der Waals surface area (Å²) in [5.41, 5.74) is 6.82. The number of benzene rings is 4. The number of nitrogens with one attached hydrogen (secondary N) is 4. The van der Waals surface area contributed by atoms with Crippen LogP contribution >= 0.6 is 0 Å². The Labute approximate surface area is 276 Å². The van der Waals surface area contributed by atoms with Crippen molar-refractivity contribution in [1.29, 1.82) is 0 Å². The maximum absolute atomic E-state index is 14.9. The predicted octanol–water partition coefficient (Wildman–Crippen LogP) is 6.32. The average Bonchev–Trinajstić information content (AvgIpc) is 3.12. The van der Waals surface area contributed by atoms with Crippen molar-refractivity contribution in [1.82, 2.24) is 29.6 Å². The summed E-state index contributed by atoms with van der Waals surface area (Å²) in [7, 11) is 0. The van der Waals surface area contributed by atoms with E-state index in [0.717, 1.165) is 85.8 Å². The molecule has 2 saturated heterocycles. The van der Waals surface area contributed by atoms with Gasteiger partial charge in [0.1, 0.15) is 24.5 Å². The van der Waals surface area contributed by atoms with E-state index in [1.807, 2.05) is 12.1 Å². The highest BCUT2D eigenvalue weighted by Crippen LogP contribution is 2.31. The summed E-state index contributed by atoms with van der Waals surface area (Å²) in [6.45, 7) is 9.91. The highest BCUT2D eigenvalue weighted by molar-refractivity contribution is 5.63. The van der Waals surface area contributed by atoms with Crippen molar-refractivity contribution in [3.8, 4) is 0 Å². The van der Waals surface area contributed by atoms with Gasteiger partial charge in [0, 0.05) is 72.9 Å². The van der Waals surface area contributed by atoms with Gasteiger partial charge in [0.25, 0.3) is 0 Å². The molecule has 5 aromatic rings. The lowest BCUT2D eigenvalue weighted by Gasteiger charge is -2.41. The van der Waals surface area contributed by atoms with Gasteiger partial charge >= 0.3 is 0 Å². The summed E-state index contributed by atoms with van der Waals surface area (Å²) in [5.74, 6) is -0.0343. The van der Waals surface area contributed by atoms with Gasteiger partial charge in [-0.25, -0.2) is 9.37 Å². The molecule has 4 aromatic carbocycles. The van der Waals surface area contributed by atoms with Crippen LogP contribution in [0.5, 0.6) is 0 Å². The van der Waals surface area contributed by atoms with Gasteiger partial charge in [0.05, 0.1) is 32.4 Å². The molecule has 2 aliphatic heterocycles. The minimum atomic E-state index is -0.504. The fraction of sp³-hybridized carbons (Fsp3) is 0.263. The van der Waals surface area contributed by atoms with Gasteiger partial charge in [0.2, 0.25) is 5.95 Å². The topological polar surface area (TPSA) is 73.9 Å². The molecule has 0 unspecified atom stereocenters. The van der Waals surface area contributed by atoms with E-state index in [0.29, 0.717) is 5.95 Å². The maximum Gasteiger partial charge on any atom is 0.229 e. The first-order chi connectivity index (χ1) is 23.1. The van der Waals surface area contributed by atoms with Crippen molar-refractivity contribution in [2.24, 2.45) is 0 Å². The first kappa shape index (κ1) is 31.0. The van der Waals surface area contributed by atoms with Gasteiger partial charge in [0.15, 0.2) is 11.6 Å². The largest absolute Gasteiger partial charge is 0.338 e. The number of rotatable bonds is 10. The molecule has 0 spiro atoms. The fourth-order valence-corrected chi connectivity index (χ4v) is 7.03. The zero-order chi connectivity index (χ0) is 31.9. The minimum Gasteiger partial charge on any atom is -0.338 e. The quantitative estimate of drug-likeness (QED) is 0.135. The zero-order valence-electron chi connectivity index (χ0n) is 26.7. The Balaban J connectivity index is 1.05. The van der Waals surface area contributed by atoms with Crippen LogP contribution in [0.4, 0.5) is 38.9 Å². The Morgan fingerprint density at radius 1 is 0.574 bits per heavy atom. The van der Waals surface area contributed by atoms with Crippen LogP contribution in [0.3, 0.4) is 0 Å². The van der Waals surface area contributed by atoms with E-state index in [1.54, 1.807) is 0 Å². The standard InChI is InChI=1S/C38H43FN8/c39-36-27-42-38(44-33-13-17-35(18-14-33)47(25-21-41-22-26-47)29-31-9-5-2-6-10-31)45-37(36)43-32-11-15-34(16-12-32)46(23-19-40-20-24-46)28-30-7-3-1-4-8-30/h1-18,27,40-41H,19-26,28-29H2,(H2,42,43,44,45)/q+2. The molecule has 2 fully saturated rings. The van der Waals surface area contributed by atoms with E-state index in [-0.39, 0.29) is 5.82 Å². The van der Waals surface area contributed by atoms with E-state index in [1.165, 1.54) is 28.7 Å². The van der Waals surface area contributed by atoms with Crippen LogP contribution in [0, 0.1) is 5.82 Å². The Hall–Kier alpha value is -4.67. The average molecular weight is 631 g/mol. The van der Waals surface area contributed by atoms with Gasteiger partial charge in [-0.05, 0) is 24.3 Å². The van der Waals surface area contributed by atoms with Crippen LogP contribution < -0.4 is 30.2 Å². The van der Waals surface area contributed by atoms with Crippen LogP contribution in [0.25, 0.3) is 0 Å². The molecule has 8 nitrogen and oxygen atoms in total. The van der Waals surface area contributed by atoms with E-state index < -0.39 is 5.82 Å². The van der Waals surface area contributed by atoms with Crippen LogP contribution in [0.2, 0.25) is 0 Å². The third-order valence-corrected chi connectivity index (χ3v) is 9.62. The molecule has 3 heterocycles. The van der Waals surface area contributed by atoms with Gasteiger partial charge < -0.3 is 21.3 Å². The smallest absolute Gasteiger partial charge is 0.229 e. The molecule has 0 aliphatic carbocycles. The number of halogens is 1. The summed E-state index contributed by atoms with van der Waals surface area (Å²) in [4.78, 5) is 8.72. The molecule has 2 aliphatic rings.